The van der Waals surface area contributed by atoms with Crippen molar-refractivity contribution in [3.8, 4) is 0 Å². The summed E-state index contributed by atoms with van der Waals surface area (Å²) in [4.78, 5) is 17.0. The highest BCUT2D eigenvalue weighted by molar-refractivity contribution is 9.10. The van der Waals surface area contributed by atoms with Crippen LogP contribution in [0.25, 0.3) is 0 Å². The third kappa shape index (κ3) is 4.82. The molecular weight excluding hydrogens is 410 g/mol. The van der Waals surface area contributed by atoms with Gasteiger partial charge in [-0.3, -0.25) is 4.79 Å². The van der Waals surface area contributed by atoms with E-state index in [4.69, 9.17) is 21.1 Å². The van der Waals surface area contributed by atoms with Crippen molar-refractivity contribution in [2.24, 2.45) is 0 Å². The Bertz CT molecular complexity index is 781. The molecule has 0 bridgehead atoms. The summed E-state index contributed by atoms with van der Waals surface area (Å²) in [5.41, 5.74) is 2.52. The van der Waals surface area contributed by atoms with Gasteiger partial charge in [-0.15, -0.1) is 0 Å². The lowest BCUT2D eigenvalue weighted by molar-refractivity contribution is 0.0879. The number of benzene rings is 1. The van der Waals surface area contributed by atoms with Gasteiger partial charge in [-0.25, -0.2) is 4.98 Å². The molecule has 0 amide bonds. The van der Waals surface area contributed by atoms with Crippen LogP contribution >= 0.6 is 27.5 Å². The summed E-state index contributed by atoms with van der Waals surface area (Å²) in [6, 6.07) is 3.64. The molecule has 0 aliphatic carbocycles. The van der Waals surface area contributed by atoms with Gasteiger partial charge in [0.2, 0.25) is 0 Å². The first-order valence-corrected chi connectivity index (χ1v) is 8.84. The molecule has 0 radical (unpaired) electrons. The van der Waals surface area contributed by atoms with Crippen LogP contribution in [0.4, 0.5) is 11.5 Å². The molecule has 0 spiro atoms. The number of anilines is 2. The van der Waals surface area contributed by atoms with Gasteiger partial charge in [-0.05, 0) is 37.1 Å². The highest BCUT2D eigenvalue weighted by Gasteiger charge is 2.17. The van der Waals surface area contributed by atoms with Crippen LogP contribution in [0.3, 0.4) is 0 Å². The Labute approximate surface area is 160 Å². The Balaban J connectivity index is 2.48. The van der Waals surface area contributed by atoms with Gasteiger partial charge in [0, 0.05) is 30.6 Å². The van der Waals surface area contributed by atoms with Gasteiger partial charge < -0.3 is 19.4 Å². The van der Waals surface area contributed by atoms with E-state index in [1.54, 1.807) is 14.2 Å². The number of nitrogens with one attached hydrogen (secondary N) is 1. The van der Waals surface area contributed by atoms with E-state index in [9.17, 15) is 4.79 Å². The fourth-order valence-corrected chi connectivity index (χ4v) is 3.53. The predicted octanol–water partition coefficient (Wildman–Crippen LogP) is 3.85. The number of aromatic nitrogens is 2. The van der Waals surface area contributed by atoms with E-state index in [0.29, 0.717) is 13.2 Å². The number of methoxy groups -OCH3 is 2. The molecular formula is C17H21BrClN3O3. The van der Waals surface area contributed by atoms with Gasteiger partial charge in [0.25, 0.3) is 5.56 Å². The third-order valence-corrected chi connectivity index (χ3v) is 4.39. The first-order chi connectivity index (χ1) is 11.9. The zero-order valence-electron chi connectivity index (χ0n) is 14.6. The molecule has 0 aliphatic heterocycles. The normalized spacial score (nSPS) is 11.2. The number of ether oxygens (including phenoxy) is 2. The topological polar surface area (TPSA) is 65.4 Å². The van der Waals surface area contributed by atoms with Crippen LogP contribution in [0, 0.1) is 13.8 Å². The van der Waals surface area contributed by atoms with E-state index in [0.717, 1.165) is 21.3 Å². The summed E-state index contributed by atoms with van der Waals surface area (Å²) in [7, 11) is 3.15. The average molecular weight is 431 g/mol. The lowest BCUT2D eigenvalue weighted by atomic mass is 10.1. The minimum atomic E-state index is -0.296. The SMILES string of the molecule is COCC(COC)n1cc(Cl)nc(Nc2c(C)cc(Br)cc2C)c1=O. The van der Waals surface area contributed by atoms with Crippen molar-refractivity contribution in [3.63, 3.8) is 0 Å². The maximum atomic E-state index is 12.9. The summed E-state index contributed by atoms with van der Waals surface area (Å²) >= 11 is 9.60. The van der Waals surface area contributed by atoms with Crippen molar-refractivity contribution < 1.29 is 9.47 Å². The van der Waals surface area contributed by atoms with Crippen molar-refractivity contribution in [2.75, 3.05) is 32.8 Å². The molecule has 6 nitrogen and oxygen atoms in total. The lowest BCUT2D eigenvalue weighted by Crippen LogP contribution is -2.32. The predicted molar refractivity (Wildman–Crippen MR) is 103 cm³/mol. The molecule has 0 unspecified atom stereocenters. The van der Waals surface area contributed by atoms with E-state index in [2.05, 4.69) is 26.2 Å². The van der Waals surface area contributed by atoms with Gasteiger partial charge in [0.05, 0.1) is 19.3 Å². The van der Waals surface area contributed by atoms with Gasteiger partial charge in [0.15, 0.2) is 5.82 Å². The van der Waals surface area contributed by atoms with E-state index in [1.165, 1.54) is 10.8 Å². The zero-order valence-corrected chi connectivity index (χ0v) is 16.9. The smallest absolute Gasteiger partial charge is 0.294 e. The number of nitrogens with zero attached hydrogens (tertiary/aromatic N) is 2. The largest absolute Gasteiger partial charge is 0.382 e. The number of hydrogen-bond donors (Lipinski definition) is 1. The van der Waals surface area contributed by atoms with Crippen LogP contribution < -0.4 is 10.9 Å². The van der Waals surface area contributed by atoms with E-state index < -0.39 is 0 Å². The van der Waals surface area contributed by atoms with Crippen LogP contribution in [-0.2, 0) is 9.47 Å². The number of rotatable bonds is 7. The second-order valence-corrected chi connectivity index (χ2v) is 7.03. The molecule has 1 heterocycles. The molecule has 0 atom stereocenters. The number of halogens is 2. The van der Waals surface area contributed by atoms with Gasteiger partial charge in [0.1, 0.15) is 5.15 Å². The molecule has 8 heteroatoms. The van der Waals surface area contributed by atoms with E-state index >= 15 is 0 Å². The van der Waals surface area contributed by atoms with Crippen molar-refractivity contribution >= 4 is 39.0 Å². The van der Waals surface area contributed by atoms with Crippen molar-refractivity contribution in [1.82, 2.24) is 9.55 Å². The van der Waals surface area contributed by atoms with E-state index in [1.807, 2.05) is 26.0 Å². The van der Waals surface area contributed by atoms with Crippen molar-refractivity contribution in [3.05, 3.63) is 49.4 Å². The molecule has 0 saturated heterocycles. The highest BCUT2D eigenvalue weighted by Crippen LogP contribution is 2.27. The average Bonchev–Trinajstić information content (AvgIpc) is 2.53. The third-order valence-electron chi connectivity index (χ3n) is 3.75. The fourth-order valence-electron chi connectivity index (χ4n) is 2.65. The minimum absolute atomic E-state index is 0.165. The second-order valence-electron chi connectivity index (χ2n) is 5.73. The van der Waals surface area contributed by atoms with Gasteiger partial charge in [-0.1, -0.05) is 27.5 Å². The van der Waals surface area contributed by atoms with Gasteiger partial charge in [-0.2, -0.15) is 0 Å². The Morgan fingerprint density at radius 1 is 1.24 bits per heavy atom. The van der Waals surface area contributed by atoms with Crippen molar-refractivity contribution in [1.29, 1.82) is 0 Å². The minimum Gasteiger partial charge on any atom is -0.382 e. The van der Waals surface area contributed by atoms with E-state index in [-0.39, 0.29) is 22.6 Å². The Hall–Kier alpha value is -1.41. The molecule has 2 aromatic rings. The van der Waals surface area contributed by atoms with Crippen LogP contribution in [-0.4, -0.2) is 37.0 Å². The van der Waals surface area contributed by atoms with Crippen LogP contribution in [0.15, 0.2) is 27.6 Å². The van der Waals surface area contributed by atoms with Crippen LogP contribution in [0.2, 0.25) is 5.15 Å². The molecule has 1 aromatic carbocycles. The standard InChI is InChI=1S/C17H21BrClN3O3/c1-10-5-12(18)6-11(2)15(10)21-16-17(23)22(7-14(19)20-16)13(8-24-3)9-25-4/h5-7,13H,8-9H2,1-4H3,(H,20,21). The van der Waals surface area contributed by atoms with Crippen LogP contribution in [0.5, 0.6) is 0 Å². The molecule has 136 valence electrons. The quantitative estimate of drug-likeness (QED) is 0.723. The zero-order chi connectivity index (χ0) is 18.6. The Kier molecular flexibility index (Phi) is 7.01. The van der Waals surface area contributed by atoms with Crippen LogP contribution in [0.1, 0.15) is 17.2 Å². The monoisotopic (exact) mass is 429 g/mol. The molecule has 1 aromatic heterocycles. The van der Waals surface area contributed by atoms with Gasteiger partial charge >= 0.3 is 0 Å². The summed E-state index contributed by atoms with van der Waals surface area (Å²) in [6.07, 6.45) is 1.50. The maximum absolute atomic E-state index is 12.9. The summed E-state index contributed by atoms with van der Waals surface area (Å²) in [6.45, 7) is 4.57. The maximum Gasteiger partial charge on any atom is 0.294 e. The number of aryl methyl sites for hydroxylation is 2. The molecule has 0 saturated carbocycles. The first kappa shape index (κ1) is 19.9. The Morgan fingerprint density at radius 3 is 2.32 bits per heavy atom. The molecule has 1 N–H and O–H groups in total. The molecule has 2 rings (SSSR count). The molecule has 0 aliphatic rings. The van der Waals surface area contributed by atoms with Crippen molar-refractivity contribution in [2.45, 2.75) is 19.9 Å². The second kappa shape index (κ2) is 8.80. The Morgan fingerprint density at radius 2 is 1.80 bits per heavy atom. The summed E-state index contributed by atoms with van der Waals surface area (Å²) in [5.74, 6) is 0.165. The molecule has 25 heavy (non-hydrogen) atoms. The first-order valence-electron chi connectivity index (χ1n) is 7.67. The lowest BCUT2D eigenvalue weighted by Gasteiger charge is -2.20. The fraction of sp³-hybridized carbons (Fsp3) is 0.412. The summed E-state index contributed by atoms with van der Waals surface area (Å²) in [5, 5.41) is 3.34. The molecule has 0 fully saturated rings. The summed E-state index contributed by atoms with van der Waals surface area (Å²) < 4.78 is 12.8. The highest BCUT2D eigenvalue weighted by atomic mass is 79.9. The number of hydrogen-bond acceptors (Lipinski definition) is 5.